The number of piperidine rings is 3. The predicted molar refractivity (Wildman–Crippen MR) is 195 cm³/mol. The molecule has 6 bridgehead atoms. The summed E-state index contributed by atoms with van der Waals surface area (Å²) in [4.78, 5) is 40.6. The second-order valence-corrected chi connectivity index (χ2v) is 16.0. The van der Waals surface area contributed by atoms with Gasteiger partial charge in [-0.25, -0.2) is 0 Å². The number of nitrogens with zero attached hydrogens (tertiary/aromatic N) is 2. The molecule has 50 heavy (non-hydrogen) atoms. The van der Waals surface area contributed by atoms with E-state index in [0.717, 1.165) is 68.5 Å². The van der Waals surface area contributed by atoms with Crippen LogP contribution in [0.2, 0.25) is 0 Å². The number of likely N-dealkylation sites (N-methyl/N-ethyl adjacent to an activating group) is 1. The van der Waals surface area contributed by atoms with E-state index in [9.17, 15) is 9.59 Å². The third kappa shape index (κ3) is 4.43. The number of allylic oxidation sites excluding steroid dienone is 1. The molecule has 2 N–H and O–H groups in total. The number of hydrogen-bond donors (Lipinski definition) is 2. The van der Waals surface area contributed by atoms with E-state index in [-0.39, 0.29) is 41.8 Å². The zero-order chi connectivity index (χ0) is 34.5. The lowest BCUT2D eigenvalue weighted by atomic mass is 9.56. The molecule has 6 aliphatic rings. The fourth-order valence-electron chi connectivity index (χ4n) is 11.8. The predicted octanol–water partition coefficient (Wildman–Crippen LogP) is 6.48. The Morgan fingerprint density at radius 1 is 1.02 bits per heavy atom. The lowest BCUT2D eigenvalue weighted by Gasteiger charge is -2.57. The smallest absolute Gasteiger partial charge is 0.319 e. The summed E-state index contributed by atoms with van der Waals surface area (Å²) in [5, 5.41) is 2.45. The number of rotatable bonds is 4. The fourth-order valence-corrected chi connectivity index (χ4v) is 11.8. The van der Waals surface area contributed by atoms with Crippen molar-refractivity contribution in [1.82, 2.24) is 19.8 Å². The molecule has 262 valence electrons. The van der Waals surface area contributed by atoms with Gasteiger partial charge in [0.25, 0.3) is 0 Å². The number of benzene rings is 2. The molecule has 6 heterocycles. The van der Waals surface area contributed by atoms with Gasteiger partial charge in [0, 0.05) is 70.8 Å². The highest BCUT2D eigenvalue weighted by Crippen LogP contribution is 2.56. The molecule has 10 rings (SSSR count). The number of carbonyl (C=O) groups excluding carboxylic acids is 2. The Balaban J connectivity index is 1.22. The van der Waals surface area contributed by atoms with Gasteiger partial charge in [0.2, 0.25) is 0 Å². The SMILES string of the molecule is C/C=C1/CN(C)[C@H]2Cc3c([nH]c4ccccc34)[C@@H](c3ccc4c5c([nH]c4c3)[C@]3(C(=O)OC)C[C@H]4C[C@H](CC)[C@@H]3N(CC5)C4)C[C@@H]1[C@@H]2C(=O)OC. The van der Waals surface area contributed by atoms with Gasteiger partial charge in [0.05, 0.1) is 20.1 Å². The molecule has 3 saturated heterocycles. The van der Waals surface area contributed by atoms with E-state index in [4.69, 9.17) is 9.47 Å². The van der Waals surface area contributed by atoms with Crippen LogP contribution in [0.1, 0.15) is 73.5 Å². The summed E-state index contributed by atoms with van der Waals surface area (Å²) in [7, 11) is 5.25. The molecule has 2 aromatic heterocycles. The molecule has 4 aliphatic heterocycles. The van der Waals surface area contributed by atoms with Crippen LogP contribution in [-0.4, -0.2) is 84.7 Å². The first-order chi connectivity index (χ1) is 24.3. The van der Waals surface area contributed by atoms with Crippen molar-refractivity contribution in [1.29, 1.82) is 0 Å². The highest BCUT2D eigenvalue weighted by Gasteiger charge is 2.62. The number of aromatic amines is 2. The van der Waals surface area contributed by atoms with Crippen molar-refractivity contribution in [2.45, 2.75) is 75.8 Å². The van der Waals surface area contributed by atoms with E-state index >= 15 is 0 Å². The summed E-state index contributed by atoms with van der Waals surface area (Å²) in [6.07, 6.45) is 7.84. The average molecular weight is 675 g/mol. The number of aromatic nitrogens is 2. The van der Waals surface area contributed by atoms with Crippen LogP contribution in [-0.2, 0) is 37.3 Å². The van der Waals surface area contributed by atoms with Gasteiger partial charge in [-0.05, 0) is 92.7 Å². The van der Waals surface area contributed by atoms with Crippen LogP contribution in [0.4, 0.5) is 0 Å². The Morgan fingerprint density at radius 3 is 2.62 bits per heavy atom. The van der Waals surface area contributed by atoms with Crippen LogP contribution in [0, 0.1) is 23.7 Å². The topological polar surface area (TPSA) is 90.7 Å². The van der Waals surface area contributed by atoms with Gasteiger partial charge in [0.15, 0.2) is 0 Å². The number of para-hydroxylation sites is 1. The van der Waals surface area contributed by atoms with Crippen LogP contribution in [0.5, 0.6) is 0 Å². The lowest BCUT2D eigenvalue weighted by molar-refractivity contribution is -0.162. The maximum absolute atomic E-state index is 14.1. The standard InChI is InChI=1S/C42H50N4O4/c1-6-24-16-23-20-42(41(48)50-5)38-29(14-15-46(21-23)39(24)42)28-13-12-26(17-34(28)44-38)31-18-30-25(7-2)22-45(3)35(36(30)40(47)49-4)19-32-27-10-8-9-11-33(27)43-37(31)32/h7-13,17,23-24,30-31,35-36,39,43-44H,6,14-16,18-22H2,1-5H3/b25-7-/t23-,24+,30+,31-,35+,36+,39+,42-/m1/s1. The van der Waals surface area contributed by atoms with E-state index in [1.54, 1.807) is 7.11 Å². The first kappa shape index (κ1) is 32.1. The van der Waals surface area contributed by atoms with Crippen LogP contribution in [0.15, 0.2) is 54.1 Å². The molecular formula is C42H50N4O4. The molecule has 9 atom stereocenters. The normalized spacial score (nSPS) is 34.1. The molecule has 2 aromatic carbocycles. The van der Waals surface area contributed by atoms with Crippen LogP contribution in [0.25, 0.3) is 21.8 Å². The summed E-state index contributed by atoms with van der Waals surface area (Å²) < 4.78 is 11.2. The Morgan fingerprint density at radius 2 is 1.84 bits per heavy atom. The van der Waals surface area contributed by atoms with E-state index in [2.05, 4.69) is 89.2 Å². The molecule has 4 aromatic rings. The number of hydrogen-bond acceptors (Lipinski definition) is 6. The van der Waals surface area contributed by atoms with Crippen LogP contribution >= 0.6 is 0 Å². The second-order valence-electron chi connectivity index (χ2n) is 16.0. The number of fused-ring (bicyclic) bond motifs is 9. The van der Waals surface area contributed by atoms with Crippen molar-refractivity contribution >= 4 is 33.7 Å². The van der Waals surface area contributed by atoms with Crippen molar-refractivity contribution in [2.24, 2.45) is 23.7 Å². The molecule has 0 spiro atoms. The minimum atomic E-state index is -0.677. The van der Waals surface area contributed by atoms with Gasteiger partial charge in [-0.3, -0.25) is 19.4 Å². The van der Waals surface area contributed by atoms with Crippen molar-refractivity contribution in [3.8, 4) is 0 Å². The molecule has 2 aliphatic carbocycles. The van der Waals surface area contributed by atoms with Gasteiger partial charge in [-0.15, -0.1) is 0 Å². The zero-order valence-electron chi connectivity index (χ0n) is 30.1. The van der Waals surface area contributed by atoms with Gasteiger partial charge in [-0.2, -0.15) is 0 Å². The summed E-state index contributed by atoms with van der Waals surface area (Å²) in [5.74, 6) is 0.619. The van der Waals surface area contributed by atoms with E-state index in [1.807, 2.05) is 0 Å². The number of H-pyrrole nitrogens is 2. The molecule has 1 unspecified atom stereocenters. The minimum Gasteiger partial charge on any atom is -0.469 e. The quantitative estimate of drug-likeness (QED) is 0.190. The van der Waals surface area contributed by atoms with E-state index < -0.39 is 5.41 Å². The molecule has 4 fully saturated rings. The fraction of sp³-hybridized carbons (Fsp3) is 0.524. The third-order valence-corrected chi connectivity index (χ3v) is 13.9. The van der Waals surface area contributed by atoms with Gasteiger partial charge < -0.3 is 19.4 Å². The van der Waals surface area contributed by atoms with E-state index in [1.165, 1.54) is 52.3 Å². The Bertz CT molecular complexity index is 2040. The molecule has 1 saturated carbocycles. The highest BCUT2D eigenvalue weighted by molar-refractivity contribution is 5.92. The monoisotopic (exact) mass is 674 g/mol. The third-order valence-electron chi connectivity index (χ3n) is 13.9. The van der Waals surface area contributed by atoms with Crippen LogP contribution < -0.4 is 0 Å². The number of carbonyl (C=O) groups is 2. The van der Waals surface area contributed by atoms with Crippen molar-refractivity contribution in [3.05, 3.63) is 82.2 Å². The van der Waals surface area contributed by atoms with Crippen molar-refractivity contribution < 1.29 is 19.1 Å². The molecule has 8 nitrogen and oxygen atoms in total. The minimum absolute atomic E-state index is 0.0431. The summed E-state index contributed by atoms with van der Waals surface area (Å²) in [5.41, 5.74) is 9.01. The zero-order valence-corrected chi connectivity index (χ0v) is 30.1. The number of esters is 2. The highest BCUT2D eigenvalue weighted by atomic mass is 16.5. The van der Waals surface area contributed by atoms with Gasteiger partial charge in [0.1, 0.15) is 5.41 Å². The van der Waals surface area contributed by atoms with Gasteiger partial charge >= 0.3 is 11.9 Å². The first-order valence-corrected chi connectivity index (χ1v) is 18.8. The number of methoxy groups -OCH3 is 2. The molecule has 0 amide bonds. The maximum atomic E-state index is 14.1. The molecule has 8 heteroatoms. The first-order valence-electron chi connectivity index (χ1n) is 18.8. The second kappa shape index (κ2) is 11.8. The van der Waals surface area contributed by atoms with E-state index in [0.29, 0.717) is 11.8 Å². The largest absolute Gasteiger partial charge is 0.469 e. The Kier molecular flexibility index (Phi) is 7.59. The Labute approximate surface area is 294 Å². The number of ether oxygens (including phenoxy) is 2. The maximum Gasteiger partial charge on any atom is 0.319 e. The average Bonchev–Trinajstić information content (AvgIpc) is 3.67. The molecular weight excluding hydrogens is 624 g/mol. The van der Waals surface area contributed by atoms with Crippen molar-refractivity contribution in [2.75, 3.05) is 40.9 Å². The number of likely N-dealkylation sites (tertiary alicyclic amines) is 1. The lowest BCUT2D eigenvalue weighted by Crippen LogP contribution is -2.67. The summed E-state index contributed by atoms with van der Waals surface area (Å²) in [6, 6.07) is 15.8. The van der Waals surface area contributed by atoms with Gasteiger partial charge in [-0.1, -0.05) is 55.3 Å². The summed E-state index contributed by atoms with van der Waals surface area (Å²) in [6.45, 7) is 7.29. The molecule has 0 radical (unpaired) electrons. The number of nitrogens with one attached hydrogen (secondary N) is 2. The summed E-state index contributed by atoms with van der Waals surface area (Å²) >= 11 is 0. The van der Waals surface area contributed by atoms with Crippen LogP contribution in [0.3, 0.4) is 0 Å². The van der Waals surface area contributed by atoms with Crippen molar-refractivity contribution in [3.63, 3.8) is 0 Å². The Hall–Kier alpha value is -3.88.